The van der Waals surface area contributed by atoms with Gasteiger partial charge in [0.2, 0.25) is 5.91 Å². The molecule has 2 aromatic rings. The minimum Gasteiger partial charge on any atom is -0.466 e. The van der Waals surface area contributed by atoms with Crippen molar-refractivity contribution in [3.63, 3.8) is 0 Å². The number of hydrogen-bond donors (Lipinski definition) is 2. The van der Waals surface area contributed by atoms with Crippen LogP contribution in [-0.2, 0) is 24.5 Å². The molecule has 0 fully saturated rings. The lowest BCUT2D eigenvalue weighted by Gasteiger charge is -2.44. The zero-order valence-corrected chi connectivity index (χ0v) is 20.1. The molecule has 2 aromatic carbocycles. The number of amides is 1. The van der Waals surface area contributed by atoms with Crippen molar-refractivity contribution in [1.82, 2.24) is 0 Å². The van der Waals surface area contributed by atoms with Gasteiger partial charge in [-0.2, -0.15) is 0 Å². The average Bonchev–Trinajstić information content (AvgIpc) is 3.09. The first-order chi connectivity index (χ1) is 16.2. The average molecular weight is 519 g/mol. The Bertz CT molecular complexity index is 1370. The summed E-state index contributed by atoms with van der Waals surface area (Å²) in [5.74, 6) is -1.72. The SMILES string of the molecule is COC(=O)C1=C(N)N(c2cc(Cl)c(Cl)cc2Cl)C2=C(C(=O)CCC2)C12C(=O)Nc1ccccc12. The summed E-state index contributed by atoms with van der Waals surface area (Å²) in [4.78, 5) is 42.0. The van der Waals surface area contributed by atoms with Crippen molar-refractivity contribution in [2.24, 2.45) is 5.73 Å². The van der Waals surface area contributed by atoms with Crippen LogP contribution in [0.15, 0.2) is 59.1 Å². The van der Waals surface area contributed by atoms with E-state index in [9.17, 15) is 14.4 Å². The summed E-state index contributed by atoms with van der Waals surface area (Å²) in [5.41, 5.74) is 6.70. The van der Waals surface area contributed by atoms with Gasteiger partial charge in [0.15, 0.2) is 5.78 Å². The van der Waals surface area contributed by atoms with E-state index in [0.717, 1.165) is 0 Å². The van der Waals surface area contributed by atoms with Gasteiger partial charge in [0, 0.05) is 28.9 Å². The highest BCUT2D eigenvalue weighted by Crippen LogP contribution is 2.56. The van der Waals surface area contributed by atoms with E-state index in [2.05, 4.69) is 5.32 Å². The molecule has 1 unspecified atom stereocenters. The van der Waals surface area contributed by atoms with Gasteiger partial charge in [-0.05, 0) is 31.0 Å². The molecule has 0 radical (unpaired) electrons. The Kier molecular flexibility index (Phi) is 5.39. The van der Waals surface area contributed by atoms with E-state index in [-0.39, 0.29) is 44.2 Å². The molecule has 1 atom stereocenters. The zero-order valence-electron chi connectivity index (χ0n) is 17.9. The number of halogens is 3. The molecule has 0 bridgehead atoms. The van der Waals surface area contributed by atoms with E-state index in [0.29, 0.717) is 35.5 Å². The molecule has 1 aliphatic carbocycles. The Morgan fingerprint density at radius 3 is 2.53 bits per heavy atom. The number of rotatable bonds is 2. The van der Waals surface area contributed by atoms with Crippen molar-refractivity contribution in [1.29, 1.82) is 0 Å². The minimum atomic E-state index is -1.75. The lowest BCUT2D eigenvalue weighted by molar-refractivity contribution is -0.138. The van der Waals surface area contributed by atoms with Gasteiger partial charge in [0.1, 0.15) is 16.8 Å². The second kappa shape index (κ2) is 8.05. The van der Waals surface area contributed by atoms with Gasteiger partial charge in [-0.1, -0.05) is 53.0 Å². The third-order valence-corrected chi connectivity index (χ3v) is 7.47. The number of fused-ring (bicyclic) bond motifs is 3. The van der Waals surface area contributed by atoms with Crippen molar-refractivity contribution in [2.45, 2.75) is 24.7 Å². The number of methoxy groups -OCH3 is 1. The summed E-state index contributed by atoms with van der Waals surface area (Å²) in [6.45, 7) is 0. The monoisotopic (exact) mass is 517 g/mol. The summed E-state index contributed by atoms with van der Waals surface area (Å²) in [6.07, 6.45) is 1.17. The van der Waals surface area contributed by atoms with E-state index < -0.39 is 17.3 Å². The van der Waals surface area contributed by atoms with Gasteiger partial charge in [0.05, 0.1) is 27.9 Å². The van der Waals surface area contributed by atoms with Crippen LogP contribution in [0, 0.1) is 0 Å². The fraction of sp³-hybridized carbons (Fsp3) is 0.208. The van der Waals surface area contributed by atoms with Gasteiger partial charge in [-0.3, -0.25) is 14.5 Å². The van der Waals surface area contributed by atoms with Crippen LogP contribution in [0.1, 0.15) is 24.8 Å². The molecule has 2 heterocycles. The van der Waals surface area contributed by atoms with Gasteiger partial charge in [-0.25, -0.2) is 4.79 Å². The van der Waals surface area contributed by atoms with Gasteiger partial charge < -0.3 is 15.8 Å². The number of carbonyl (C=O) groups is 3. The number of Topliss-reactive ketones (excluding diaryl/α,β-unsaturated/α-hetero) is 1. The van der Waals surface area contributed by atoms with Crippen LogP contribution >= 0.6 is 34.8 Å². The third kappa shape index (κ3) is 2.94. The van der Waals surface area contributed by atoms with E-state index in [4.69, 9.17) is 45.3 Å². The number of nitrogens with zero attached hydrogens (tertiary/aromatic N) is 1. The fourth-order valence-corrected chi connectivity index (χ4v) is 5.75. The van der Waals surface area contributed by atoms with Gasteiger partial charge >= 0.3 is 5.97 Å². The van der Waals surface area contributed by atoms with Crippen LogP contribution < -0.4 is 16.0 Å². The second-order valence-corrected chi connectivity index (χ2v) is 9.37. The number of para-hydroxylation sites is 1. The summed E-state index contributed by atoms with van der Waals surface area (Å²) in [7, 11) is 1.19. The Labute approximate surface area is 210 Å². The number of hydrogen-bond acceptors (Lipinski definition) is 6. The fourth-order valence-electron chi connectivity index (χ4n) is 5.12. The molecule has 7 nitrogen and oxygen atoms in total. The first-order valence-electron chi connectivity index (χ1n) is 10.4. The largest absolute Gasteiger partial charge is 0.466 e. The Morgan fingerprint density at radius 1 is 1.09 bits per heavy atom. The lowest BCUT2D eigenvalue weighted by atomic mass is 9.63. The zero-order chi connectivity index (χ0) is 24.4. The standard InChI is InChI=1S/C24H18Cl3N3O4/c1-34-22(32)20-21(28)30(17-10-13(26)12(25)9-14(17)27)16-7-4-8-18(31)19(16)24(20)11-5-2-3-6-15(11)29-23(24)33/h2-3,5-6,9-10H,4,7-8,28H2,1H3,(H,29,33). The molecular formula is C24H18Cl3N3O4. The molecule has 0 aromatic heterocycles. The molecule has 2 aliphatic heterocycles. The van der Waals surface area contributed by atoms with Crippen molar-refractivity contribution in [3.05, 3.63) is 79.7 Å². The maximum Gasteiger partial charge on any atom is 0.339 e. The number of benzene rings is 2. The molecule has 5 rings (SSSR count). The van der Waals surface area contributed by atoms with Crippen LogP contribution in [0.4, 0.5) is 11.4 Å². The number of esters is 1. The van der Waals surface area contributed by atoms with E-state index in [1.54, 1.807) is 24.3 Å². The normalized spacial score (nSPS) is 21.6. The number of nitrogens with one attached hydrogen (secondary N) is 1. The first kappa shape index (κ1) is 22.8. The molecule has 0 saturated carbocycles. The number of carbonyl (C=O) groups excluding carboxylic acids is 3. The highest BCUT2D eigenvalue weighted by Gasteiger charge is 2.61. The molecule has 1 spiro atoms. The van der Waals surface area contributed by atoms with Gasteiger partial charge in [0.25, 0.3) is 0 Å². The molecule has 3 aliphatic rings. The molecule has 174 valence electrons. The third-order valence-electron chi connectivity index (χ3n) is 6.44. The lowest BCUT2D eigenvalue weighted by Crippen LogP contribution is -2.53. The first-order valence-corrected chi connectivity index (χ1v) is 11.6. The quantitative estimate of drug-likeness (QED) is 0.441. The Balaban J connectivity index is 1.92. The maximum atomic E-state index is 13.7. The highest BCUT2D eigenvalue weighted by molar-refractivity contribution is 6.44. The number of anilines is 2. The summed E-state index contributed by atoms with van der Waals surface area (Å²) in [6, 6.07) is 9.88. The molecule has 3 N–H and O–H groups in total. The Hall–Kier alpha value is -3.00. The number of nitrogens with two attached hydrogens (primary N) is 1. The molecular weight excluding hydrogens is 501 g/mol. The van der Waals surface area contributed by atoms with Crippen LogP contribution in [0.3, 0.4) is 0 Å². The van der Waals surface area contributed by atoms with Crippen LogP contribution in [0.2, 0.25) is 15.1 Å². The number of ketones is 1. The molecule has 0 saturated heterocycles. The predicted molar refractivity (Wildman–Crippen MR) is 130 cm³/mol. The van der Waals surface area contributed by atoms with Crippen molar-refractivity contribution >= 4 is 63.8 Å². The van der Waals surface area contributed by atoms with Gasteiger partial charge in [-0.15, -0.1) is 0 Å². The predicted octanol–water partition coefficient (Wildman–Crippen LogP) is 4.71. The minimum absolute atomic E-state index is 0.0764. The smallest absolute Gasteiger partial charge is 0.339 e. The van der Waals surface area contributed by atoms with Crippen molar-refractivity contribution < 1.29 is 19.1 Å². The van der Waals surface area contributed by atoms with Crippen molar-refractivity contribution in [3.8, 4) is 0 Å². The van der Waals surface area contributed by atoms with E-state index in [1.807, 2.05) is 0 Å². The highest BCUT2D eigenvalue weighted by atomic mass is 35.5. The second-order valence-electron chi connectivity index (χ2n) is 8.15. The maximum absolute atomic E-state index is 13.7. The number of ether oxygens (including phenoxy) is 1. The summed E-state index contributed by atoms with van der Waals surface area (Å²) in [5, 5.41) is 3.47. The van der Waals surface area contributed by atoms with Crippen LogP contribution in [0.25, 0.3) is 0 Å². The van der Waals surface area contributed by atoms with Crippen LogP contribution in [0.5, 0.6) is 0 Å². The molecule has 1 amide bonds. The summed E-state index contributed by atoms with van der Waals surface area (Å²) >= 11 is 18.9. The Morgan fingerprint density at radius 2 is 1.79 bits per heavy atom. The van der Waals surface area contributed by atoms with Crippen molar-refractivity contribution in [2.75, 3.05) is 17.3 Å². The topological polar surface area (TPSA) is 102 Å². The molecule has 10 heteroatoms. The molecule has 34 heavy (non-hydrogen) atoms. The number of allylic oxidation sites excluding steroid dienone is 1. The van der Waals surface area contributed by atoms with E-state index >= 15 is 0 Å². The summed E-state index contributed by atoms with van der Waals surface area (Å²) < 4.78 is 5.08. The van der Waals surface area contributed by atoms with E-state index in [1.165, 1.54) is 24.1 Å². The van der Waals surface area contributed by atoms with Crippen LogP contribution in [-0.4, -0.2) is 24.8 Å².